The van der Waals surface area contributed by atoms with Crippen molar-refractivity contribution in [1.29, 1.82) is 0 Å². The number of fused-ring (bicyclic) bond motifs is 1. The molecule has 0 saturated carbocycles. The first-order valence-corrected chi connectivity index (χ1v) is 11.3. The molecule has 0 aliphatic rings. The average Bonchev–Trinajstić information content (AvgIpc) is 3.47. The SMILES string of the molecule is O=C(CCc1oc(-n2cnc3ccccc32)nc1-c1ccc(Cl)cc1)Nc1ccc(C(F)(F)F)cc1. The summed E-state index contributed by atoms with van der Waals surface area (Å²) in [6.45, 7) is 0. The number of anilines is 1. The summed E-state index contributed by atoms with van der Waals surface area (Å²) < 4.78 is 46.1. The Bertz CT molecular complexity index is 1520. The molecule has 0 aliphatic carbocycles. The van der Waals surface area contributed by atoms with Gasteiger partial charge in [-0.05, 0) is 48.5 Å². The van der Waals surface area contributed by atoms with E-state index in [-0.39, 0.29) is 24.4 Å². The molecule has 182 valence electrons. The van der Waals surface area contributed by atoms with Crippen LogP contribution in [0.4, 0.5) is 18.9 Å². The first-order valence-electron chi connectivity index (χ1n) is 10.9. The third-order valence-corrected chi connectivity index (χ3v) is 5.79. The number of halogens is 4. The van der Waals surface area contributed by atoms with Crippen LogP contribution in [0.25, 0.3) is 28.3 Å². The number of benzene rings is 3. The molecule has 0 saturated heterocycles. The lowest BCUT2D eigenvalue weighted by atomic mass is 10.1. The number of nitrogens with zero attached hydrogens (tertiary/aromatic N) is 3. The summed E-state index contributed by atoms with van der Waals surface area (Å²) in [5.74, 6) is 0.107. The highest BCUT2D eigenvalue weighted by molar-refractivity contribution is 6.30. The zero-order valence-electron chi connectivity index (χ0n) is 18.6. The molecule has 1 N–H and O–H groups in total. The Hall–Kier alpha value is -4.11. The fraction of sp³-hybridized carbons (Fsp3) is 0.115. The molecule has 0 unspecified atom stereocenters. The topological polar surface area (TPSA) is 73.0 Å². The molecule has 5 rings (SSSR count). The van der Waals surface area contributed by atoms with Crippen LogP contribution in [0, 0.1) is 0 Å². The zero-order valence-corrected chi connectivity index (χ0v) is 19.3. The fourth-order valence-electron chi connectivity index (χ4n) is 3.75. The first kappa shape index (κ1) is 23.6. The lowest BCUT2D eigenvalue weighted by Crippen LogP contribution is -2.13. The highest BCUT2D eigenvalue weighted by Gasteiger charge is 2.30. The monoisotopic (exact) mass is 510 g/mol. The highest BCUT2D eigenvalue weighted by atomic mass is 35.5. The summed E-state index contributed by atoms with van der Waals surface area (Å²) >= 11 is 6.03. The number of imidazole rings is 1. The Labute approximate surface area is 208 Å². The van der Waals surface area contributed by atoms with Gasteiger partial charge in [-0.2, -0.15) is 18.2 Å². The number of aromatic nitrogens is 3. The van der Waals surface area contributed by atoms with Crippen molar-refractivity contribution in [3.05, 3.63) is 95.5 Å². The molecule has 6 nitrogen and oxygen atoms in total. The molecule has 2 heterocycles. The number of hydrogen-bond acceptors (Lipinski definition) is 4. The van der Waals surface area contributed by atoms with Gasteiger partial charge in [0.25, 0.3) is 0 Å². The van der Waals surface area contributed by atoms with Crippen molar-refractivity contribution in [3.63, 3.8) is 0 Å². The molecule has 0 aliphatic heterocycles. The fourth-order valence-corrected chi connectivity index (χ4v) is 3.88. The molecule has 5 aromatic rings. The Morgan fingerprint density at radius 1 is 1.00 bits per heavy atom. The molecule has 10 heteroatoms. The molecule has 0 spiro atoms. The van der Waals surface area contributed by atoms with Gasteiger partial charge in [-0.1, -0.05) is 35.9 Å². The maximum atomic E-state index is 12.8. The Morgan fingerprint density at radius 3 is 2.44 bits per heavy atom. The summed E-state index contributed by atoms with van der Waals surface area (Å²) in [5.41, 5.74) is 2.40. The van der Waals surface area contributed by atoms with E-state index >= 15 is 0 Å². The third-order valence-electron chi connectivity index (χ3n) is 5.54. The second kappa shape index (κ2) is 9.50. The average molecular weight is 511 g/mol. The van der Waals surface area contributed by atoms with Crippen LogP contribution >= 0.6 is 11.6 Å². The van der Waals surface area contributed by atoms with Crippen LogP contribution in [-0.2, 0) is 17.4 Å². The van der Waals surface area contributed by atoms with E-state index in [0.717, 1.165) is 28.7 Å². The third kappa shape index (κ3) is 4.96. The minimum atomic E-state index is -4.44. The van der Waals surface area contributed by atoms with Gasteiger partial charge in [0.2, 0.25) is 5.91 Å². The number of oxazole rings is 1. The van der Waals surface area contributed by atoms with Gasteiger partial charge in [-0.3, -0.25) is 9.36 Å². The summed E-state index contributed by atoms with van der Waals surface area (Å²) in [7, 11) is 0. The van der Waals surface area contributed by atoms with Crippen molar-refractivity contribution < 1.29 is 22.4 Å². The summed E-state index contributed by atoms with van der Waals surface area (Å²) in [6, 6.07) is 19.2. The van der Waals surface area contributed by atoms with Crippen LogP contribution in [0.2, 0.25) is 5.02 Å². The van der Waals surface area contributed by atoms with Gasteiger partial charge in [0.15, 0.2) is 0 Å². The number of hydrogen-bond donors (Lipinski definition) is 1. The smallest absolute Gasteiger partial charge is 0.416 e. The van der Waals surface area contributed by atoms with Gasteiger partial charge in [-0.15, -0.1) is 0 Å². The van der Waals surface area contributed by atoms with Crippen molar-refractivity contribution in [2.24, 2.45) is 0 Å². The predicted octanol–water partition coefficient (Wildman–Crippen LogP) is 6.92. The van der Waals surface area contributed by atoms with E-state index in [1.807, 2.05) is 36.4 Å². The lowest BCUT2D eigenvalue weighted by molar-refractivity contribution is -0.137. The van der Waals surface area contributed by atoms with Crippen LogP contribution in [0.1, 0.15) is 17.7 Å². The van der Waals surface area contributed by atoms with Crippen molar-refractivity contribution in [2.45, 2.75) is 19.0 Å². The minimum absolute atomic E-state index is 0.0287. The van der Waals surface area contributed by atoms with Crippen LogP contribution in [0.3, 0.4) is 0 Å². The van der Waals surface area contributed by atoms with Crippen LogP contribution < -0.4 is 5.32 Å². The zero-order chi connectivity index (χ0) is 25.3. The quantitative estimate of drug-likeness (QED) is 0.269. The molecule has 0 atom stereocenters. The molecule has 0 bridgehead atoms. The predicted molar refractivity (Wildman–Crippen MR) is 130 cm³/mol. The molecular formula is C26H18ClF3N4O2. The molecule has 1 amide bonds. The highest BCUT2D eigenvalue weighted by Crippen LogP contribution is 2.31. The van der Waals surface area contributed by atoms with Gasteiger partial charge in [0, 0.05) is 29.1 Å². The van der Waals surface area contributed by atoms with Gasteiger partial charge < -0.3 is 9.73 Å². The number of aryl methyl sites for hydroxylation is 1. The molecule has 3 aromatic carbocycles. The largest absolute Gasteiger partial charge is 0.427 e. The standard InChI is InChI=1S/C26H18ClF3N4O2/c27-18-9-5-16(6-10-18)24-22(36-25(33-24)34-15-31-20-3-1-2-4-21(20)34)13-14-23(35)32-19-11-7-17(8-12-19)26(28,29)30/h1-12,15H,13-14H2,(H,32,35). The number of rotatable bonds is 6. The summed E-state index contributed by atoms with van der Waals surface area (Å²) in [6.07, 6.45) is -2.58. The summed E-state index contributed by atoms with van der Waals surface area (Å²) in [5, 5.41) is 3.19. The van der Waals surface area contributed by atoms with Crippen molar-refractivity contribution in [2.75, 3.05) is 5.32 Å². The van der Waals surface area contributed by atoms with E-state index in [2.05, 4.69) is 15.3 Å². The molecule has 2 aromatic heterocycles. The minimum Gasteiger partial charge on any atom is -0.427 e. The normalized spacial score (nSPS) is 11.7. The molecular weight excluding hydrogens is 493 g/mol. The van der Waals surface area contributed by atoms with E-state index in [9.17, 15) is 18.0 Å². The molecule has 36 heavy (non-hydrogen) atoms. The lowest BCUT2D eigenvalue weighted by Gasteiger charge is -2.08. The van der Waals surface area contributed by atoms with E-state index in [0.29, 0.717) is 22.5 Å². The van der Waals surface area contributed by atoms with E-state index < -0.39 is 11.7 Å². The van der Waals surface area contributed by atoms with E-state index in [1.165, 1.54) is 12.1 Å². The van der Waals surface area contributed by atoms with Crippen molar-refractivity contribution in [1.82, 2.24) is 14.5 Å². The van der Waals surface area contributed by atoms with Gasteiger partial charge >= 0.3 is 12.2 Å². The maximum Gasteiger partial charge on any atom is 0.416 e. The summed E-state index contributed by atoms with van der Waals surface area (Å²) in [4.78, 5) is 21.6. The van der Waals surface area contributed by atoms with Crippen molar-refractivity contribution in [3.8, 4) is 17.3 Å². The Morgan fingerprint density at radius 2 is 1.72 bits per heavy atom. The number of alkyl halides is 3. The van der Waals surface area contributed by atoms with E-state index in [1.54, 1.807) is 23.0 Å². The number of carbonyl (C=O) groups excluding carboxylic acids is 1. The van der Waals surface area contributed by atoms with E-state index in [4.69, 9.17) is 16.0 Å². The Balaban J connectivity index is 1.38. The van der Waals surface area contributed by atoms with Crippen LogP contribution in [-0.4, -0.2) is 20.4 Å². The molecule has 0 radical (unpaired) electrons. The van der Waals surface area contributed by atoms with Gasteiger partial charge in [0.05, 0.1) is 16.6 Å². The number of carbonyl (C=O) groups is 1. The van der Waals surface area contributed by atoms with Crippen LogP contribution in [0.5, 0.6) is 0 Å². The second-order valence-corrected chi connectivity index (χ2v) is 8.44. The Kier molecular flexibility index (Phi) is 6.24. The maximum absolute atomic E-state index is 12.8. The van der Waals surface area contributed by atoms with Crippen LogP contribution in [0.15, 0.2) is 83.5 Å². The first-order chi connectivity index (χ1) is 17.3. The van der Waals surface area contributed by atoms with Gasteiger partial charge in [0.1, 0.15) is 17.8 Å². The second-order valence-electron chi connectivity index (χ2n) is 8.00. The molecule has 0 fully saturated rings. The van der Waals surface area contributed by atoms with Gasteiger partial charge in [-0.25, -0.2) is 4.98 Å². The number of nitrogens with one attached hydrogen (secondary N) is 1. The number of para-hydroxylation sites is 2. The number of amides is 1. The van der Waals surface area contributed by atoms with Crippen molar-refractivity contribution >= 4 is 34.2 Å².